The third kappa shape index (κ3) is 3.57. The monoisotopic (exact) mass is 393 g/mol. The van der Waals surface area contributed by atoms with Crippen molar-refractivity contribution in [3.8, 4) is 22.8 Å². The molecule has 4 aromatic rings. The summed E-state index contributed by atoms with van der Waals surface area (Å²) in [6.45, 7) is 0. The number of rotatable bonds is 6. The molecule has 0 aliphatic rings. The second kappa shape index (κ2) is 7.74. The summed E-state index contributed by atoms with van der Waals surface area (Å²) in [4.78, 5) is 18.0. The van der Waals surface area contributed by atoms with Crippen molar-refractivity contribution in [2.24, 2.45) is 0 Å². The number of para-hydroxylation sites is 2. The summed E-state index contributed by atoms with van der Waals surface area (Å²) in [6.07, 6.45) is 2.20. The zero-order chi connectivity index (χ0) is 19.5. The molecule has 2 aromatic heterocycles. The van der Waals surface area contributed by atoms with Gasteiger partial charge in [-0.3, -0.25) is 9.20 Å². The molecular formula is C21H19N3O3S. The van der Waals surface area contributed by atoms with E-state index in [1.807, 2.05) is 64.5 Å². The molecule has 0 aliphatic carbocycles. The lowest BCUT2D eigenvalue weighted by Crippen LogP contribution is -2.15. The molecule has 6 nitrogen and oxygen atoms in total. The summed E-state index contributed by atoms with van der Waals surface area (Å²) in [7, 11) is 3.23. The Kier molecular flexibility index (Phi) is 4.99. The molecule has 0 atom stereocenters. The SMILES string of the molecule is COc1ccc(-c2cn3c(CC(=O)Nc4ccccc4OC)csc3n2)cc1. The standard InChI is InChI=1S/C21H19N3O3S/c1-26-16-9-7-14(8-10-16)18-12-24-15(13-28-21(24)23-18)11-20(25)22-17-5-3-4-6-19(17)27-2/h3-10,12-13H,11H2,1-2H3,(H,22,25). The van der Waals surface area contributed by atoms with E-state index in [4.69, 9.17) is 9.47 Å². The van der Waals surface area contributed by atoms with Crippen molar-refractivity contribution < 1.29 is 14.3 Å². The number of nitrogens with one attached hydrogen (secondary N) is 1. The van der Waals surface area contributed by atoms with Gasteiger partial charge in [-0.05, 0) is 36.4 Å². The van der Waals surface area contributed by atoms with E-state index in [0.29, 0.717) is 11.4 Å². The van der Waals surface area contributed by atoms with Gasteiger partial charge in [-0.2, -0.15) is 0 Å². The van der Waals surface area contributed by atoms with Crippen molar-refractivity contribution >= 4 is 27.9 Å². The van der Waals surface area contributed by atoms with Gasteiger partial charge in [0.15, 0.2) is 4.96 Å². The maximum Gasteiger partial charge on any atom is 0.230 e. The van der Waals surface area contributed by atoms with Crippen LogP contribution in [0.3, 0.4) is 0 Å². The minimum atomic E-state index is -0.108. The lowest BCUT2D eigenvalue weighted by Gasteiger charge is -2.09. The van der Waals surface area contributed by atoms with Crippen LogP contribution in [-0.2, 0) is 11.2 Å². The van der Waals surface area contributed by atoms with Gasteiger partial charge >= 0.3 is 0 Å². The van der Waals surface area contributed by atoms with Gasteiger partial charge in [-0.15, -0.1) is 11.3 Å². The Morgan fingerprint density at radius 2 is 1.89 bits per heavy atom. The predicted octanol–water partition coefficient (Wildman–Crippen LogP) is 4.26. The number of imidazole rings is 1. The highest BCUT2D eigenvalue weighted by molar-refractivity contribution is 7.15. The highest BCUT2D eigenvalue weighted by atomic mass is 32.1. The van der Waals surface area contributed by atoms with E-state index in [2.05, 4.69) is 10.3 Å². The summed E-state index contributed by atoms with van der Waals surface area (Å²) >= 11 is 1.52. The highest BCUT2D eigenvalue weighted by Gasteiger charge is 2.14. The van der Waals surface area contributed by atoms with Crippen LogP contribution in [0, 0.1) is 0 Å². The van der Waals surface area contributed by atoms with Gasteiger partial charge < -0.3 is 14.8 Å². The molecule has 2 heterocycles. The van der Waals surface area contributed by atoms with E-state index in [9.17, 15) is 4.79 Å². The fourth-order valence-corrected chi connectivity index (χ4v) is 3.84. The quantitative estimate of drug-likeness (QED) is 0.532. The van der Waals surface area contributed by atoms with Crippen LogP contribution in [0.4, 0.5) is 5.69 Å². The van der Waals surface area contributed by atoms with Crippen LogP contribution < -0.4 is 14.8 Å². The smallest absolute Gasteiger partial charge is 0.230 e. The zero-order valence-corrected chi connectivity index (χ0v) is 16.3. The molecular weight excluding hydrogens is 374 g/mol. The molecule has 0 spiro atoms. The number of aromatic nitrogens is 2. The van der Waals surface area contributed by atoms with Crippen molar-refractivity contribution in [2.75, 3.05) is 19.5 Å². The first-order chi connectivity index (χ1) is 13.7. The first-order valence-electron chi connectivity index (χ1n) is 8.70. The van der Waals surface area contributed by atoms with Crippen LogP contribution >= 0.6 is 11.3 Å². The number of ether oxygens (including phenoxy) is 2. The maximum absolute atomic E-state index is 12.5. The van der Waals surface area contributed by atoms with Crippen LogP contribution in [0.5, 0.6) is 11.5 Å². The molecule has 0 fully saturated rings. The maximum atomic E-state index is 12.5. The molecule has 0 saturated carbocycles. The van der Waals surface area contributed by atoms with Gasteiger partial charge in [0.05, 0.1) is 32.0 Å². The molecule has 0 aliphatic heterocycles. The number of fused-ring (bicyclic) bond motifs is 1. The summed E-state index contributed by atoms with van der Waals surface area (Å²) < 4.78 is 12.4. The van der Waals surface area contributed by atoms with Crippen LogP contribution in [0.25, 0.3) is 16.2 Å². The van der Waals surface area contributed by atoms with Gasteiger partial charge in [0.2, 0.25) is 5.91 Å². The number of anilines is 1. The van der Waals surface area contributed by atoms with Gasteiger partial charge in [0.25, 0.3) is 0 Å². The first kappa shape index (κ1) is 18.1. The molecule has 0 unspecified atom stereocenters. The number of hydrogen-bond donors (Lipinski definition) is 1. The van der Waals surface area contributed by atoms with Crippen molar-refractivity contribution in [1.29, 1.82) is 0 Å². The van der Waals surface area contributed by atoms with Gasteiger partial charge in [-0.25, -0.2) is 4.98 Å². The third-order valence-electron chi connectivity index (χ3n) is 4.39. The summed E-state index contributed by atoms with van der Waals surface area (Å²) in [6, 6.07) is 15.1. The zero-order valence-electron chi connectivity index (χ0n) is 15.5. The third-order valence-corrected chi connectivity index (χ3v) is 5.28. The fourth-order valence-electron chi connectivity index (χ4n) is 2.96. The second-order valence-electron chi connectivity index (χ2n) is 6.16. The lowest BCUT2D eigenvalue weighted by atomic mass is 10.2. The van der Waals surface area contributed by atoms with Gasteiger partial charge in [0.1, 0.15) is 11.5 Å². The normalized spacial score (nSPS) is 10.8. The van der Waals surface area contributed by atoms with E-state index in [0.717, 1.165) is 27.7 Å². The predicted molar refractivity (Wildman–Crippen MR) is 110 cm³/mol. The Balaban J connectivity index is 1.54. The Morgan fingerprint density at radius 1 is 1.11 bits per heavy atom. The molecule has 0 bridgehead atoms. The van der Waals surface area contributed by atoms with Crippen molar-refractivity contribution in [3.05, 3.63) is 65.8 Å². The highest BCUT2D eigenvalue weighted by Crippen LogP contribution is 2.26. The van der Waals surface area contributed by atoms with Crippen molar-refractivity contribution in [2.45, 2.75) is 6.42 Å². The molecule has 142 valence electrons. The molecule has 0 saturated heterocycles. The lowest BCUT2D eigenvalue weighted by molar-refractivity contribution is -0.115. The summed E-state index contributed by atoms with van der Waals surface area (Å²) in [5, 5.41) is 4.87. The minimum Gasteiger partial charge on any atom is -0.497 e. The Hall–Kier alpha value is -3.32. The molecule has 28 heavy (non-hydrogen) atoms. The average molecular weight is 393 g/mol. The number of methoxy groups -OCH3 is 2. The molecule has 1 amide bonds. The van der Waals surface area contributed by atoms with Crippen LogP contribution in [0.2, 0.25) is 0 Å². The molecule has 1 N–H and O–H groups in total. The number of nitrogens with zero attached hydrogens (tertiary/aromatic N) is 2. The minimum absolute atomic E-state index is 0.108. The van der Waals surface area contributed by atoms with Gasteiger partial charge in [0, 0.05) is 22.8 Å². The van der Waals surface area contributed by atoms with E-state index < -0.39 is 0 Å². The molecule has 0 radical (unpaired) electrons. The van der Waals surface area contributed by atoms with Crippen molar-refractivity contribution in [1.82, 2.24) is 9.38 Å². The van der Waals surface area contributed by atoms with Crippen LogP contribution in [-0.4, -0.2) is 29.5 Å². The van der Waals surface area contributed by atoms with Crippen LogP contribution in [0.1, 0.15) is 5.69 Å². The Labute approximate surface area is 166 Å². The van der Waals surface area contributed by atoms with E-state index in [1.54, 1.807) is 14.2 Å². The van der Waals surface area contributed by atoms with E-state index in [-0.39, 0.29) is 12.3 Å². The summed E-state index contributed by atoms with van der Waals surface area (Å²) in [5.74, 6) is 1.33. The molecule has 4 rings (SSSR count). The molecule has 7 heteroatoms. The second-order valence-corrected chi connectivity index (χ2v) is 7.00. The van der Waals surface area contributed by atoms with Crippen LogP contribution in [0.15, 0.2) is 60.1 Å². The fraction of sp³-hybridized carbons (Fsp3) is 0.143. The van der Waals surface area contributed by atoms with E-state index >= 15 is 0 Å². The largest absolute Gasteiger partial charge is 0.497 e. The van der Waals surface area contributed by atoms with Gasteiger partial charge in [-0.1, -0.05) is 12.1 Å². The first-order valence-corrected chi connectivity index (χ1v) is 9.58. The topological polar surface area (TPSA) is 64.9 Å². The number of carbonyl (C=O) groups is 1. The van der Waals surface area contributed by atoms with Crippen molar-refractivity contribution in [3.63, 3.8) is 0 Å². The number of benzene rings is 2. The number of thiazole rings is 1. The summed E-state index contributed by atoms with van der Waals surface area (Å²) in [5.41, 5.74) is 3.41. The Bertz CT molecular complexity index is 1120. The Morgan fingerprint density at radius 3 is 2.64 bits per heavy atom. The number of carbonyl (C=O) groups excluding carboxylic acids is 1. The van der Waals surface area contributed by atoms with E-state index in [1.165, 1.54) is 11.3 Å². The number of amides is 1. The average Bonchev–Trinajstić information content (AvgIpc) is 3.30. The molecule has 2 aromatic carbocycles. The number of hydrogen-bond acceptors (Lipinski definition) is 5.